The Bertz CT molecular complexity index is 776. The van der Waals surface area contributed by atoms with E-state index < -0.39 is 0 Å². The molecule has 3 rings (SSSR count). The van der Waals surface area contributed by atoms with Gasteiger partial charge in [-0.3, -0.25) is 0 Å². The van der Waals surface area contributed by atoms with E-state index >= 15 is 0 Å². The molecule has 2 aromatic heterocycles. The number of fused-ring (bicyclic) bond motifs is 1. The van der Waals surface area contributed by atoms with Gasteiger partial charge in [-0.05, 0) is 37.1 Å². The van der Waals surface area contributed by atoms with E-state index in [1.165, 1.54) is 6.33 Å². The first-order chi connectivity index (χ1) is 9.54. The summed E-state index contributed by atoms with van der Waals surface area (Å²) in [6.07, 6.45) is 1.52. The summed E-state index contributed by atoms with van der Waals surface area (Å²) < 4.78 is 5.79. The van der Waals surface area contributed by atoms with E-state index in [9.17, 15) is 0 Å². The second kappa shape index (κ2) is 4.64. The van der Waals surface area contributed by atoms with Gasteiger partial charge in [0.25, 0.3) is 5.88 Å². The molecule has 0 bridgehead atoms. The summed E-state index contributed by atoms with van der Waals surface area (Å²) in [4.78, 5) is 15.1. The van der Waals surface area contributed by atoms with E-state index in [-0.39, 0.29) is 5.95 Å². The van der Waals surface area contributed by atoms with Crippen LogP contribution in [0.1, 0.15) is 11.1 Å². The lowest BCUT2D eigenvalue weighted by atomic mass is 10.1. The molecular weight excluding hydrogens is 278 g/mol. The van der Waals surface area contributed by atoms with Crippen LogP contribution in [0.3, 0.4) is 0 Å². The second-order valence-electron chi connectivity index (χ2n) is 4.46. The van der Waals surface area contributed by atoms with Crippen molar-refractivity contribution in [2.75, 3.05) is 5.73 Å². The third-order valence-corrected chi connectivity index (χ3v) is 3.49. The van der Waals surface area contributed by atoms with Gasteiger partial charge in [0.1, 0.15) is 11.3 Å². The molecule has 0 aliphatic heterocycles. The number of nitrogens with one attached hydrogen (secondary N) is 1. The normalized spacial score (nSPS) is 10.9. The Labute approximate surface area is 120 Å². The van der Waals surface area contributed by atoms with Gasteiger partial charge in [-0.1, -0.05) is 11.6 Å². The quantitative estimate of drug-likeness (QED) is 0.757. The highest BCUT2D eigenvalue weighted by atomic mass is 35.5. The van der Waals surface area contributed by atoms with Crippen molar-refractivity contribution < 1.29 is 4.74 Å². The maximum Gasteiger partial charge on any atom is 0.250 e. The van der Waals surface area contributed by atoms with E-state index in [1.807, 2.05) is 26.0 Å². The molecule has 0 fully saturated rings. The largest absolute Gasteiger partial charge is 0.437 e. The van der Waals surface area contributed by atoms with Gasteiger partial charge in [0.05, 0.1) is 6.33 Å². The smallest absolute Gasteiger partial charge is 0.250 e. The van der Waals surface area contributed by atoms with Crippen molar-refractivity contribution in [3.8, 4) is 11.6 Å². The van der Waals surface area contributed by atoms with Crippen molar-refractivity contribution in [1.82, 2.24) is 19.9 Å². The number of aryl methyl sites for hydroxylation is 2. The molecule has 3 aromatic rings. The van der Waals surface area contributed by atoms with Crippen molar-refractivity contribution in [2.45, 2.75) is 13.8 Å². The van der Waals surface area contributed by atoms with Gasteiger partial charge in [0.2, 0.25) is 5.95 Å². The lowest BCUT2D eigenvalue weighted by molar-refractivity contribution is 0.467. The van der Waals surface area contributed by atoms with Gasteiger partial charge in [0.15, 0.2) is 5.65 Å². The van der Waals surface area contributed by atoms with Crippen molar-refractivity contribution in [1.29, 1.82) is 0 Å². The van der Waals surface area contributed by atoms with Crippen LogP contribution in [0.4, 0.5) is 5.95 Å². The highest BCUT2D eigenvalue weighted by Crippen LogP contribution is 2.30. The second-order valence-corrected chi connectivity index (χ2v) is 4.84. The topological polar surface area (TPSA) is 89.7 Å². The van der Waals surface area contributed by atoms with Crippen molar-refractivity contribution in [3.05, 3.63) is 34.6 Å². The molecule has 0 spiro atoms. The molecule has 7 heteroatoms. The number of halogens is 1. The summed E-state index contributed by atoms with van der Waals surface area (Å²) >= 11 is 6.14. The van der Waals surface area contributed by atoms with Crippen LogP contribution in [0, 0.1) is 13.8 Å². The standard InChI is InChI=1S/C13H12ClN5O/c1-6-3-8(4-7(2)9(6)14)20-12-10-11(17-5-16-10)18-13(15)19-12/h3-5H,1-2H3,(H3,15,16,17,18,19). The molecule has 3 N–H and O–H groups in total. The Morgan fingerprint density at radius 1 is 1.20 bits per heavy atom. The van der Waals surface area contributed by atoms with Gasteiger partial charge in [-0.15, -0.1) is 0 Å². The first kappa shape index (κ1) is 12.7. The number of hydrogen-bond donors (Lipinski definition) is 2. The summed E-state index contributed by atoms with van der Waals surface area (Å²) in [6, 6.07) is 3.69. The number of nitrogens with zero attached hydrogens (tertiary/aromatic N) is 3. The highest BCUT2D eigenvalue weighted by molar-refractivity contribution is 6.32. The van der Waals surface area contributed by atoms with E-state index in [2.05, 4.69) is 19.9 Å². The SMILES string of the molecule is Cc1cc(Oc2nc(N)nc3nc[nH]c23)cc(C)c1Cl. The fraction of sp³-hybridized carbons (Fsp3) is 0.154. The zero-order valence-electron chi connectivity index (χ0n) is 10.9. The molecule has 20 heavy (non-hydrogen) atoms. The first-order valence-electron chi connectivity index (χ1n) is 5.96. The van der Waals surface area contributed by atoms with Crippen LogP contribution in [0.15, 0.2) is 18.5 Å². The molecule has 0 amide bonds. The minimum absolute atomic E-state index is 0.113. The third-order valence-electron chi connectivity index (χ3n) is 2.89. The van der Waals surface area contributed by atoms with E-state index in [1.54, 1.807) is 0 Å². The van der Waals surface area contributed by atoms with Gasteiger partial charge in [-0.25, -0.2) is 4.98 Å². The Hall–Kier alpha value is -2.34. The molecule has 0 saturated carbocycles. The molecule has 0 saturated heterocycles. The molecule has 2 heterocycles. The van der Waals surface area contributed by atoms with E-state index in [0.717, 1.165) is 16.1 Å². The Morgan fingerprint density at radius 2 is 1.90 bits per heavy atom. The maximum atomic E-state index is 6.14. The summed E-state index contributed by atoms with van der Waals surface area (Å²) in [7, 11) is 0. The molecule has 102 valence electrons. The van der Waals surface area contributed by atoms with Crippen molar-refractivity contribution >= 4 is 28.7 Å². The molecular formula is C13H12ClN5O. The average Bonchev–Trinajstić information content (AvgIpc) is 2.84. The minimum Gasteiger partial charge on any atom is -0.437 e. The number of rotatable bonds is 2. The lowest BCUT2D eigenvalue weighted by Gasteiger charge is -2.09. The summed E-state index contributed by atoms with van der Waals surface area (Å²) in [5.74, 6) is 1.09. The Morgan fingerprint density at radius 3 is 2.60 bits per heavy atom. The number of anilines is 1. The molecule has 0 aliphatic carbocycles. The van der Waals surface area contributed by atoms with Crippen LogP contribution < -0.4 is 10.5 Å². The molecule has 0 radical (unpaired) electrons. The van der Waals surface area contributed by atoms with Crippen LogP contribution in [0.25, 0.3) is 11.2 Å². The number of benzene rings is 1. The first-order valence-corrected chi connectivity index (χ1v) is 6.33. The number of nitrogen functional groups attached to an aromatic ring is 1. The van der Waals surface area contributed by atoms with Crippen LogP contribution >= 0.6 is 11.6 Å². The summed E-state index contributed by atoms with van der Waals surface area (Å²) in [5.41, 5.74) is 8.58. The van der Waals surface area contributed by atoms with Crippen LogP contribution in [0.5, 0.6) is 11.6 Å². The molecule has 0 unspecified atom stereocenters. The average molecular weight is 290 g/mol. The number of hydrogen-bond acceptors (Lipinski definition) is 5. The molecule has 0 aliphatic rings. The Kier molecular flexibility index (Phi) is 2.94. The highest BCUT2D eigenvalue weighted by Gasteiger charge is 2.12. The third kappa shape index (κ3) is 2.14. The van der Waals surface area contributed by atoms with Crippen molar-refractivity contribution in [2.24, 2.45) is 0 Å². The zero-order valence-corrected chi connectivity index (χ0v) is 11.7. The fourth-order valence-electron chi connectivity index (χ4n) is 1.97. The number of H-pyrrole nitrogens is 1. The number of ether oxygens (including phenoxy) is 1. The number of nitrogens with two attached hydrogens (primary N) is 1. The predicted molar refractivity (Wildman–Crippen MR) is 77.1 cm³/mol. The van der Waals surface area contributed by atoms with Gasteiger partial charge in [0, 0.05) is 5.02 Å². The minimum atomic E-state index is 0.113. The number of aromatic amines is 1. The van der Waals surface area contributed by atoms with E-state index in [4.69, 9.17) is 22.1 Å². The maximum absolute atomic E-state index is 6.14. The van der Waals surface area contributed by atoms with Gasteiger partial charge in [-0.2, -0.15) is 9.97 Å². The number of aromatic nitrogens is 4. The van der Waals surface area contributed by atoms with Crippen LogP contribution in [-0.2, 0) is 0 Å². The Balaban J connectivity index is 2.07. The van der Waals surface area contributed by atoms with Gasteiger partial charge < -0.3 is 15.5 Å². The lowest BCUT2D eigenvalue weighted by Crippen LogP contribution is -1.99. The van der Waals surface area contributed by atoms with Crippen LogP contribution in [0.2, 0.25) is 5.02 Å². The van der Waals surface area contributed by atoms with Gasteiger partial charge >= 0.3 is 0 Å². The van der Waals surface area contributed by atoms with Crippen LogP contribution in [-0.4, -0.2) is 19.9 Å². The predicted octanol–water partition coefficient (Wildman–Crippen LogP) is 3.00. The number of imidazole rings is 1. The summed E-state index contributed by atoms with van der Waals surface area (Å²) in [6.45, 7) is 3.84. The van der Waals surface area contributed by atoms with E-state index in [0.29, 0.717) is 22.8 Å². The monoisotopic (exact) mass is 289 g/mol. The zero-order chi connectivity index (χ0) is 14.3. The molecule has 0 atom stereocenters. The molecule has 6 nitrogen and oxygen atoms in total. The summed E-state index contributed by atoms with van der Waals surface area (Å²) in [5, 5.41) is 0.728. The molecule has 1 aromatic carbocycles. The fourth-order valence-corrected chi connectivity index (χ4v) is 2.08. The van der Waals surface area contributed by atoms with Crippen molar-refractivity contribution in [3.63, 3.8) is 0 Å².